The van der Waals surface area contributed by atoms with Crippen LogP contribution in [-0.2, 0) is 4.74 Å². The Hall–Kier alpha value is -0.110. The van der Waals surface area contributed by atoms with Crippen LogP contribution in [0.5, 0.6) is 0 Å². The van der Waals surface area contributed by atoms with Crippen LogP contribution in [0.2, 0.25) is 0 Å². The van der Waals surface area contributed by atoms with Crippen molar-refractivity contribution in [3.05, 3.63) is 0 Å². The van der Waals surface area contributed by atoms with Gasteiger partial charge in [-0.2, -0.15) is 0 Å². The van der Waals surface area contributed by atoms with Gasteiger partial charge in [0.25, 0.3) is 0 Å². The summed E-state index contributed by atoms with van der Waals surface area (Å²) in [7, 11) is 0. The maximum Gasteiger partial charge on any atom is 0.159 e. The molecule has 0 saturated carbocycles. The summed E-state index contributed by atoms with van der Waals surface area (Å²) in [5.74, 6) is 0. The molecule has 1 nitrogen and oxygen atoms in total. The zero-order chi connectivity index (χ0) is 8.53. The normalized spacial score (nSPS) is 9.64. The Balaban J connectivity index is 3.09. The standard InChI is InChI=1S/C9H18OS/c1-3-5-7-9(11)10-8-6-4-2/h3-8H2,1-2H3. The van der Waals surface area contributed by atoms with E-state index in [1.807, 2.05) is 0 Å². The fourth-order valence-electron chi connectivity index (χ4n) is 0.724. The van der Waals surface area contributed by atoms with Gasteiger partial charge in [0.05, 0.1) is 6.61 Å². The summed E-state index contributed by atoms with van der Waals surface area (Å²) in [4.78, 5) is 0. The van der Waals surface area contributed by atoms with Crippen molar-refractivity contribution in [1.29, 1.82) is 0 Å². The van der Waals surface area contributed by atoms with Crippen LogP contribution in [0.15, 0.2) is 0 Å². The van der Waals surface area contributed by atoms with E-state index in [1.54, 1.807) is 0 Å². The van der Waals surface area contributed by atoms with Crippen molar-refractivity contribution in [2.75, 3.05) is 6.61 Å². The molecule has 2 heteroatoms. The van der Waals surface area contributed by atoms with Crippen LogP contribution in [0.4, 0.5) is 0 Å². The van der Waals surface area contributed by atoms with E-state index < -0.39 is 0 Å². The molecule has 0 aliphatic heterocycles. The minimum absolute atomic E-state index is 0.792. The van der Waals surface area contributed by atoms with Gasteiger partial charge in [0.15, 0.2) is 5.05 Å². The Bertz CT molecular complexity index is 102. The van der Waals surface area contributed by atoms with Crippen LogP contribution in [0.3, 0.4) is 0 Å². The van der Waals surface area contributed by atoms with Crippen molar-refractivity contribution in [2.24, 2.45) is 0 Å². The van der Waals surface area contributed by atoms with Gasteiger partial charge in [0.1, 0.15) is 0 Å². The second kappa shape index (κ2) is 7.99. The van der Waals surface area contributed by atoms with E-state index >= 15 is 0 Å². The molecule has 0 aliphatic carbocycles. The summed E-state index contributed by atoms with van der Waals surface area (Å²) in [5, 5.41) is 0.792. The van der Waals surface area contributed by atoms with Crippen LogP contribution in [-0.4, -0.2) is 11.7 Å². The second-order valence-corrected chi connectivity index (χ2v) is 3.13. The monoisotopic (exact) mass is 174 g/mol. The first-order valence-corrected chi connectivity index (χ1v) is 4.87. The zero-order valence-corrected chi connectivity index (χ0v) is 8.38. The summed E-state index contributed by atoms with van der Waals surface area (Å²) >= 11 is 5.01. The Morgan fingerprint density at radius 1 is 1.18 bits per heavy atom. The highest BCUT2D eigenvalue weighted by molar-refractivity contribution is 7.80. The molecule has 0 aromatic heterocycles. The van der Waals surface area contributed by atoms with E-state index in [9.17, 15) is 0 Å². The van der Waals surface area contributed by atoms with Crippen LogP contribution in [0.25, 0.3) is 0 Å². The molecule has 0 aromatic rings. The van der Waals surface area contributed by atoms with Gasteiger partial charge < -0.3 is 4.74 Å². The Kier molecular flexibility index (Phi) is 7.91. The number of unbranched alkanes of at least 4 members (excludes halogenated alkanes) is 2. The van der Waals surface area contributed by atoms with E-state index in [1.165, 1.54) is 12.8 Å². The third-order valence-electron chi connectivity index (χ3n) is 1.50. The number of rotatable bonds is 6. The number of hydrogen-bond acceptors (Lipinski definition) is 2. The molecule has 0 amide bonds. The summed E-state index contributed by atoms with van der Waals surface area (Å²) in [6.45, 7) is 5.12. The van der Waals surface area contributed by atoms with Crippen molar-refractivity contribution < 1.29 is 4.74 Å². The van der Waals surface area contributed by atoms with Crippen molar-refractivity contribution in [3.63, 3.8) is 0 Å². The molecule has 0 radical (unpaired) electrons. The highest BCUT2D eigenvalue weighted by Crippen LogP contribution is 1.99. The first-order chi connectivity index (χ1) is 5.31. The van der Waals surface area contributed by atoms with Crippen molar-refractivity contribution in [1.82, 2.24) is 0 Å². The Morgan fingerprint density at radius 2 is 1.82 bits per heavy atom. The van der Waals surface area contributed by atoms with E-state index in [0.29, 0.717) is 0 Å². The van der Waals surface area contributed by atoms with Crippen molar-refractivity contribution in [2.45, 2.75) is 46.0 Å². The summed E-state index contributed by atoms with van der Waals surface area (Å²) in [6.07, 6.45) is 5.60. The SMILES string of the molecule is CCCCOC(=S)CCCC. The van der Waals surface area contributed by atoms with E-state index in [-0.39, 0.29) is 0 Å². The summed E-state index contributed by atoms with van der Waals surface area (Å²) in [5.41, 5.74) is 0. The van der Waals surface area contributed by atoms with Crippen molar-refractivity contribution >= 4 is 17.3 Å². The predicted octanol–water partition coefficient (Wildman–Crippen LogP) is 3.32. The molecule has 66 valence electrons. The molecular weight excluding hydrogens is 156 g/mol. The zero-order valence-electron chi connectivity index (χ0n) is 7.56. The average molecular weight is 174 g/mol. The molecule has 0 spiro atoms. The van der Waals surface area contributed by atoms with Gasteiger partial charge in [-0.1, -0.05) is 26.7 Å². The molecule has 0 aliphatic rings. The molecule has 0 heterocycles. The molecule has 0 rings (SSSR count). The van der Waals surface area contributed by atoms with Gasteiger partial charge in [0, 0.05) is 6.42 Å². The quantitative estimate of drug-likeness (QED) is 0.451. The molecule has 11 heavy (non-hydrogen) atoms. The van der Waals surface area contributed by atoms with Crippen LogP contribution in [0, 0.1) is 0 Å². The maximum absolute atomic E-state index is 5.32. The molecule has 0 atom stereocenters. The Labute approximate surface area is 75.1 Å². The van der Waals surface area contributed by atoms with E-state index in [2.05, 4.69) is 13.8 Å². The lowest BCUT2D eigenvalue weighted by Crippen LogP contribution is -2.02. The minimum atomic E-state index is 0.792. The van der Waals surface area contributed by atoms with E-state index in [0.717, 1.165) is 30.9 Å². The average Bonchev–Trinajstić information content (AvgIpc) is 2.01. The molecule has 0 saturated heterocycles. The highest BCUT2D eigenvalue weighted by Gasteiger charge is 1.95. The van der Waals surface area contributed by atoms with Crippen LogP contribution < -0.4 is 0 Å². The summed E-state index contributed by atoms with van der Waals surface area (Å²) < 4.78 is 5.32. The second-order valence-electron chi connectivity index (χ2n) is 2.68. The van der Waals surface area contributed by atoms with Crippen molar-refractivity contribution in [3.8, 4) is 0 Å². The van der Waals surface area contributed by atoms with Crippen LogP contribution >= 0.6 is 12.2 Å². The molecule has 0 unspecified atom stereocenters. The van der Waals surface area contributed by atoms with Gasteiger partial charge >= 0.3 is 0 Å². The van der Waals surface area contributed by atoms with Gasteiger partial charge in [0.2, 0.25) is 0 Å². The third kappa shape index (κ3) is 7.79. The fourth-order valence-corrected chi connectivity index (χ4v) is 0.951. The molecule has 0 fully saturated rings. The van der Waals surface area contributed by atoms with Gasteiger partial charge in [-0.05, 0) is 25.1 Å². The maximum atomic E-state index is 5.32. The van der Waals surface area contributed by atoms with Gasteiger partial charge in [-0.3, -0.25) is 0 Å². The Morgan fingerprint density at radius 3 is 2.36 bits per heavy atom. The van der Waals surface area contributed by atoms with Gasteiger partial charge in [-0.15, -0.1) is 0 Å². The lowest BCUT2D eigenvalue weighted by atomic mass is 10.3. The predicted molar refractivity (Wildman–Crippen MR) is 53.0 cm³/mol. The highest BCUT2D eigenvalue weighted by atomic mass is 32.1. The lowest BCUT2D eigenvalue weighted by molar-refractivity contribution is 0.296. The van der Waals surface area contributed by atoms with E-state index in [4.69, 9.17) is 17.0 Å². The molecule has 0 bridgehead atoms. The molecular formula is C9H18OS. The first-order valence-electron chi connectivity index (χ1n) is 4.46. The first kappa shape index (κ1) is 10.9. The minimum Gasteiger partial charge on any atom is -0.487 e. The third-order valence-corrected chi connectivity index (χ3v) is 1.82. The lowest BCUT2D eigenvalue weighted by Gasteiger charge is -2.04. The topological polar surface area (TPSA) is 9.23 Å². The van der Waals surface area contributed by atoms with Gasteiger partial charge in [-0.25, -0.2) is 0 Å². The fraction of sp³-hybridized carbons (Fsp3) is 0.889. The number of thiocarbonyl (C=S) groups is 1. The number of ether oxygens (including phenoxy) is 1. The molecule has 0 aromatic carbocycles. The number of hydrogen-bond donors (Lipinski definition) is 0. The molecule has 0 N–H and O–H groups in total. The smallest absolute Gasteiger partial charge is 0.159 e. The summed E-state index contributed by atoms with van der Waals surface area (Å²) in [6, 6.07) is 0. The van der Waals surface area contributed by atoms with Crippen LogP contribution in [0.1, 0.15) is 46.0 Å². The largest absolute Gasteiger partial charge is 0.487 e.